The molecule has 0 saturated heterocycles. The smallest absolute Gasteiger partial charge is 0.212 e. The Morgan fingerprint density at radius 1 is 0.800 bits per heavy atom. The van der Waals surface area contributed by atoms with Crippen molar-refractivity contribution in [3.8, 4) is 0 Å². The maximum Gasteiger partial charge on any atom is 0.216 e. The van der Waals surface area contributed by atoms with Crippen molar-refractivity contribution in [2.75, 3.05) is 0 Å². The molecule has 0 aliphatic rings. The molecule has 3 nitrogen and oxygen atoms in total. The lowest BCUT2D eigenvalue weighted by molar-refractivity contribution is 0.580. The summed E-state index contributed by atoms with van der Waals surface area (Å²) in [6, 6.07) is 15.4. The zero-order valence-electron chi connectivity index (χ0n) is 11.8. The van der Waals surface area contributed by atoms with E-state index in [0.717, 1.165) is 22.3 Å². The standard InChI is InChI=1S/C16H19NO2S/c1-13-3-7-15(8-4-13)11-17-20(18,19)12-16-9-5-14(2)6-10-16/h3-10,17H,11-12H2,1-2H3. The van der Waals surface area contributed by atoms with Gasteiger partial charge in [-0.1, -0.05) is 59.7 Å². The molecule has 20 heavy (non-hydrogen) atoms. The molecule has 0 heterocycles. The van der Waals surface area contributed by atoms with Crippen molar-refractivity contribution in [1.82, 2.24) is 4.72 Å². The molecule has 2 rings (SSSR count). The molecular formula is C16H19NO2S. The summed E-state index contributed by atoms with van der Waals surface area (Å²) in [6.45, 7) is 4.31. The van der Waals surface area contributed by atoms with E-state index in [9.17, 15) is 8.42 Å². The minimum Gasteiger partial charge on any atom is -0.212 e. The first-order valence-electron chi connectivity index (χ1n) is 6.53. The largest absolute Gasteiger partial charge is 0.216 e. The summed E-state index contributed by atoms with van der Waals surface area (Å²) < 4.78 is 26.7. The second-order valence-corrected chi connectivity index (χ2v) is 6.86. The highest BCUT2D eigenvalue weighted by atomic mass is 32.2. The SMILES string of the molecule is Cc1ccc(CNS(=O)(=O)Cc2ccc(C)cc2)cc1. The van der Waals surface area contributed by atoms with E-state index in [2.05, 4.69) is 4.72 Å². The number of nitrogens with one attached hydrogen (secondary N) is 1. The first-order chi connectivity index (χ1) is 9.44. The third-order valence-electron chi connectivity index (χ3n) is 3.09. The van der Waals surface area contributed by atoms with Crippen LogP contribution in [0.25, 0.3) is 0 Å². The number of rotatable bonds is 5. The van der Waals surface area contributed by atoms with Gasteiger partial charge in [0.1, 0.15) is 0 Å². The summed E-state index contributed by atoms with van der Waals surface area (Å²) >= 11 is 0. The van der Waals surface area contributed by atoms with Gasteiger partial charge in [-0.15, -0.1) is 0 Å². The number of hydrogen-bond acceptors (Lipinski definition) is 2. The quantitative estimate of drug-likeness (QED) is 0.920. The lowest BCUT2D eigenvalue weighted by atomic mass is 10.2. The van der Waals surface area contributed by atoms with Crippen molar-refractivity contribution in [2.24, 2.45) is 0 Å². The van der Waals surface area contributed by atoms with Crippen LogP contribution in [0.4, 0.5) is 0 Å². The molecule has 0 aliphatic heterocycles. The van der Waals surface area contributed by atoms with E-state index in [1.165, 1.54) is 0 Å². The first kappa shape index (κ1) is 14.8. The highest BCUT2D eigenvalue weighted by Crippen LogP contribution is 2.08. The summed E-state index contributed by atoms with van der Waals surface area (Å²) in [5, 5.41) is 0. The average Bonchev–Trinajstić information content (AvgIpc) is 2.41. The Balaban J connectivity index is 1.97. The molecule has 0 amide bonds. The van der Waals surface area contributed by atoms with E-state index in [1.807, 2.05) is 62.4 Å². The van der Waals surface area contributed by atoms with Gasteiger partial charge in [0.2, 0.25) is 10.0 Å². The lowest BCUT2D eigenvalue weighted by Gasteiger charge is -2.07. The van der Waals surface area contributed by atoms with E-state index in [4.69, 9.17) is 0 Å². The van der Waals surface area contributed by atoms with Crippen LogP contribution >= 0.6 is 0 Å². The van der Waals surface area contributed by atoms with Gasteiger partial charge in [0.05, 0.1) is 5.75 Å². The molecule has 0 unspecified atom stereocenters. The van der Waals surface area contributed by atoms with Crippen molar-refractivity contribution < 1.29 is 8.42 Å². The summed E-state index contributed by atoms with van der Waals surface area (Å²) in [5.74, 6) is 0.0130. The van der Waals surface area contributed by atoms with Gasteiger partial charge in [-0.25, -0.2) is 13.1 Å². The number of sulfonamides is 1. The third kappa shape index (κ3) is 4.47. The predicted molar refractivity (Wildman–Crippen MR) is 81.8 cm³/mol. The minimum atomic E-state index is -3.31. The molecule has 0 spiro atoms. The molecule has 2 aromatic carbocycles. The number of hydrogen-bond donors (Lipinski definition) is 1. The molecule has 0 saturated carbocycles. The van der Waals surface area contributed by atoms with Crippen LogP contribution in [0.3, 0.4) is 0 Å². The molecule has 0 radical (unpaired) electrons. The fourth-order valence-electron chi connectivity index (χ4n) is 1.85. The Bertz CT molecular complexity index is 659. The average molecular weight is 289 g/mol. The highest BCUT2D eigenvalue weighted by molar-refractivity contribution is 7.88. The second-order valence-electron chi connectivity index (χ2n) is 5.05. The molecule has 4 heteroatoms. The van der Waals surface area contributed by atoms with Crippen LogP contribution in [0, 0.1) is 13.8 Å². The van der Waals surface area contributed by atoms with Crippen LogP contribution in [0.15, 0.2) is 48.5 Å². The minimum absolute atomic E-state index is 0.0130. The van der Waals surface area contributed by atoms with Crippen LogP contribution in [0.5, 0.6) is 0 Å². The Kier molecular flexibility index (Phi) is 4.57. The van der Waals surface area contributed by atoms with Gasteiger partial charge in [0.15, 0.2) is 0 Å². The summed E-state index contributed by atoms with van der Waals surface area (Å²) in [6.07, 6.45) is 0. The zero-order valence-corrected chi connectivity index (χ0v) is 12.6. The van der Waals surface area contributed by atoms with Crippen molar-refractivity contribution in [3.05, 3.63) is 70.8 Å². The summed E-state index contributed by atoms with van der Waals surface area (Å²) in [5.41, 5.74) is 4.05. The molecular weight excluding hydrogens is 270 g/mol. The fourth-order valence-corrected chi connectivity index (χ4v) is 2.97. The monoisotopic (exact) mass is 289 g/mol. The summed E-state index contributed by atoms with van der Waals surface area (Å²) in [7, 11) is -3.31. The van der Waals surface area contributed by atoms with Gasteiger partial charge >= 0.3 is 0 Å². The normalized spacial score (nSPS) is 11.5. The van der Waals surface area contributed by atoms with Gasteiger partial charge < -0.3 is 0 Å². The highest BCUT2D eigenvalue weighted by Gasteiger charge is 2.11. The molecule has 0 aliphatic carbocycles. The van der Waals surface area contributed by atoms with E-state index < -0.39 is 10.0 Å². The number of aryl methyl sites for hydroxylation is 2. The van der Waals surface area contributed by atoms with Gasteiger partial charge in [-0.3, -0.25) is 0 Å². The van der Waals surface area contributed by atoms with Crippen LogP contribution in [-0.4, -0.2) is 8.42 Å². The molecule has 0 bridgehead atoms. The Hall–Kier alpha value is -1.65. The van der Waals surface area contributed by atoms with E-state index in [1.54, 1.807) is 0 Å². The first-order valence-corrected chi connectivity index (χ1v) is 8.18. The van der Waals surface area contributed by atoms with E-state index in [0.29, 0.717) is 6.54 Å². The maximum atomic E-state index is 12.0. The molecule has 106 valence electrons. The fraction of sp³-hybridized carbons (Fsp3) is 0.250. The van der Waals surface area contributed by atoms with Crippen molar-refractivity contribution in [2.45, 2.75) is 26.1 Å². The molecule has 1 N–H and O–H groups in total. The Morgan fingerprint density at radius 2 is 1.25 bits per heavy atom. The zero-order chi connectivity index (χ0) is 14.6. The van der Waals surface area contributed by atoms with E-state index >= 15 is 0 Å². The van der Waals surface area contributed by atoms with Gasteiger partial charge in [0.25, 0.3) is 0 Å². The van der Waals surface area contributed by atoms with Gasteiger partial charge in [0, 0.05) is 6.54 Å². The molecule has 0 fully saturated rings. The summed E-state index contributed by atoms with van der Waals surface area (Å²) in [4.78, 5) is 0. The van der Waals surface area contributed by atoms with Crippen LogP contribution in [-0.2, 0) is 22.3 Å². The van der Waals surface area contributed by atoms with E-state index in [-0.39, 0.29) is 5.75 Å². The molecule has 2 aromatic rings. The van der Waals surface area contributed by atoms with Crippen molar-refractivity contribution in [1.29, 1.82) is 0 Å². The molecule has 0 aromatic heterocycles. The lowest BCUT2D eigenvalue weighted by Crippen LogP contribution is -2.24. The van der Waals surface area contributed by atoms with Crippen LogP contribution in [0.2, 0.25) is 0 Å². The predicted octanol–water partition coefficient (Wildman–Crippen LogP) is 2.92. The Labute approximate surface area is 120 Å². The van der Waals surface area contributed by atoms with Crippen LogP contribution < -0.4 is 4.72 Å². The maximum absolute atomic E-state index is 12.0. The molecule has 0 atom stereocenters. The number of benzene rings is 2. The Morgan fingerprint density at radius 3 is 1.75 bits per heavy atom. The third-order valence-corrected chi connectivity index (χ3v) is 4.39. The van der Waals surface area contributed by atoms with Gasteiger partial charge in [-0.05, 0) is 25.0 Å². The van der Waals surface area contributed by atoms with Gasteiger partial charge in [-0.2, -0.15) is 0 Å². The van der Waals surface area contributed by atoms with Crippen LogP contribution in [0.1, 0.15) is 22.3 Å². The van der Waals surface area contributed by atoms with Crippen molar-refractivity contribution in [3.63, 3.8) is 0 Å². The second kappa shape index (κ2) is 6.20. The van der Waals surface area contributed by atoms with Crippen molar-refractivity contribution >= 4 is 10.0 Å². The topological polar surface area (TPSA) is 46.2 Å².